The third kappa shape index (κ3) is 2.59. The highest BCUT2D eigenvalue weighted by Crippen LogP contribution is 2.31. The van der Waals surface area contributed by atoms with E-state index in [0.29, 0.717) is 18.0 Å². The molecule has 1 aliphatic heterocycles. The summed E-state index contributed by atoms with van der Waals surface area (Å²) >= 11 is 0. The number of aromatic nitrogens is 1. The van der Waals surface area contributed by atoms with Crippen molar-refractivity contribution in [2.75, 3.05) is 6.54 Å². The summed E-state index contributed by atoms with van der Waals surface area (Å²) in [7, 11) is -3.44. The third-order valence-electron chi connectivity index (χ3n) is 4.35. The number of nitrogens with zero attached hydrogens (tertiary/aromatic N) is 2. The zero-order valence-electron chi connectivity index (χ0n) is 13.1. The second-order valence-electron chi connectivity index (χ2n) is 5.81. The van der Waals surface area contributed by atoms with Crippen LogP contribution in [0, 0.1) is 0 Å². The Kier molecular flexibility index (Phi) is 4.10. The van der Waals surface area contributed by atoms with E-state index in [9.17, 15) is 8.42 Å². The topological polar surface area (TPSA) is 42.3 Å². The summed E-state index contributed by atoms with van der Waals surface area (Å²) in [6.45, 7) is 5.30. The van der Waals surface area contributed by atoms with E-state index in [1.165, 1.54) is 5.56 Å². The first-order chi connectivity index (χ1) is 10.5. The summed E-state index contributed by atoms with van der Waals surface area (Å²) in [4.78, 5) is 0.388. The lowest BCUT2D eigenvalue weighted by Crippen LogP contribution is -2.40. The Bertz CT molecular complexity index is 747. The second-order valence-corrected chi connectivity index (χ2v) is 7.70. The van der Waals surface area contributed by atoms with Crippen LogP contribution < -0.4 is 0 Å². The van der Waals surface area contributed by atoms with Crippen molar-refractivity contribution in [1.82, 2.24) is 8.87 Å². The number of rotatable bonds is 4. The molecule has 22 heavy (non-hydrogen) atoms. The molecule has 4 nitrogen and oxygen atoms in total. The third-order valence-corrected chi connectivity index (χ3v) is 6.34. The second kappa shape index (κ2) is 5.89. The minimum atomic E-state index is -3.44. The number of sulfonamides is 1. The highest BCUT2D eigenvalue weighted by atomic mass is 32.2. The first-order valence-corrected chi connectivity index (χ1v) is 9.24. The van der Waals surface area contributed by atoms with E-state index in [2.05, 4.69) is 11.5 Å². The number of hydrogen-bond acceptors (Lipinski definition) is 2. The van der Waals surface area contributed by atoms with Crippen molar-refractivity contribution in [3.63, 3.8) is 0 Å². The van der Waals surface area contributed by atoms with Crippen LogP contribution >= 0.6 is 0 Å². The lowest BCUT2D eigenvalue weighted by Gasteiger charge is -2.33. The fraction of sp³-hybridized carbons (Fsp3) is 0.412. The molecule has 0 bridgehead atoms. The zero-order chi connectivity index (χ0) is 15.7. The number of aryl methyl sites for hydroxylation is 1. The van der Waals surface area contributed by atoms with E-state index in [0.717, 1.165) is 18.5 Å². The van der Waals surface area contributed by atoms with Crippen LogP contribution in [0.2, 0.25) is 0 Å². The molecule has 118 valence electrons. The van der Waals surface area contributed by atoms with Crippen LogP contribution in [-0.4, -0.2) is 23.8 Å². The number of hydrogen-bond donors (Lipinski definition) is 0. The van der Waals surface area contributed by atoms with E-state index < -0.39 is 10.0 Å². The van der Waals surface area contributed by atoms with Crippen LogP contribution in [0.4, 0.5) is 0 Å². The van der Waals surface area contributed by atoms with Gasteiger partial charge in [-0.05, 0) is 43.2 Å². The lowest BCUT2D eigenvalue weighted by atomic mass is 10.1. The molecule has 3 rings (SSSR count). The molecule has 0 aliphatic carbocycles. The minimum Gasteiger partial charge on any atom is -0.349 e. The average Bonchev–Trinajstić information content (AvgIpc) is 2.98. The first kappa shape index (κ1) is 15.3. The van der Waals surface area contributed by atoms with Crippen molar-refractivity contribution < 1.29 is 8.42 Å². The summed E-state index contributed by atoms with van der Waals surface area (Å²) in [6, 6.07) is 11.2. The lowest BCUT2D eigenvalue weighted by molar-refractivity contribution is 0.282. The van der Waals surface area contributed by atoms with Crippen molar-refractivity contribution in [3.05, 3.63) is 53.9 Å². The fourth-order valence-electron chi connectivity index (χ4n) is 3.14. The molecule has 0 fully saturated rings. The summed E-state index contributed by atoms with van der Waals surface area (Å²) in [5.41, 5.74) is 2.24. The molecule has 0 saturated carbocycles. The minimum absolute atomic E-state index is 0.135. The summed E-state index contributed by atoms with van der Waals surface area (Å²) < 4.78 is 29.6. The van der Waals surface area contributed by atoms with E-state index >= 15 is 0 Å². The molecule has 1 aliphatic rings. The molecule has 5 heteroatoms. The smallest absolute Gasteiger partial charge is 0.243 e. The molecule has 2 heterocycles. The molecule has 0 amide bonds. The van der Waals surface area contributed by atoms with Crippen LogP contribution in [0.15, 0.2) is 47.5 Å². The SMILES string of the molecule is CCCc1ccc(S(=O)(=O)N2CCn3cccc3C2C)cc1. The van der Waals surface area contributed by atoms with Gasteiger partial charge in [0.2, 0.25) is 10.0 Å². The Labute approximate surface area is 132 Å². The summed E-state index contributed by atoms with van der Waals surface area (Å²) in [5, 5.41) is 0. The van der Waals surface area contributed by atoms with Gasteiger partial charge in [-0.25, -0.2) is 8.42 Å². The maximum atomic E-state index is 12.9. The largest absolute Gasteiger partial charge is 0.349 e. The van der Waals surface area contributed by atoms with Gasteiger partial charge in [0.05, 0.1) is 10.9 Å². The Morgan fingerprint density at radius 3 is 2.55 bits per heavy atom. The molecule has 1 atom stereocenters. The van der Waals surface area contributed by atoms with Gasteiger partial charge in [-0.2, -0.15) is 4.31 Å². The van der Waals surface area contributed by atoms with Crippen molar-refractivity contribution in [2.45, 2.75) is 44.2 Å². The molecule has 0 N–H and O–H groups in total. The Morgan fingerprint density at radius 2 is 1.86 bits per heavy atom. The Balaban J connectivity index is 1.90. The average molecular weight is 318 g/mol. The van der Waals surface area contributed by atoms with Crippen LogP contribution in [0.25, 0.3) is 0 Å². The van der Waals surface area contributed by atoms with Crippen LogP contribution in [0.5, 0.6) is 0 Å². The number of benzene rings is 1. The van der Waals surface area contributed by atoms with Gasteiger partial charge in [-0.15, -0.1) is 0 Å². The van der Waals surface area contributed by atoms with Gasteiger partial charge in [-0.3, -0.25) is 0 Å². The maximum absolute atomic E-state index is 12.9. The van der Waals surface area contributed by atoms with E-state index in [1.807, 2.05) is 37.4 Å². The first-order valence-electron chi connectivity index (χ1n) is 7.80. The maximum Gasteiger partial charge on any atom is 0.243 e. The van der Waals surface area contributed by atoms with Crippen LogP contribution in [-0.2, 0) is 23.0 Å². The quantitative estimate of drug-likeness (QED) is 0.869. The van der Waals surface area contributed by atoms with E-state index in [4.69, 9.17) is 0 Å². The van der Waals surface area contributed by atoms with Crippen molar-refractivity contribution in [1.29, 1.82) is 0 Å². The van der Waals surface area contributed by atoms with E-state index in [-0.39, 0.29) is 6.04 Å². The highest BCUT2D eigenvalue weighted by Gasteiger charge is 2.33. The van der Waals surface area contributed by atoms with Gasteiger partial charge >= 0.3 is 0 Å². The zero-order valence-corrected chi connectivity index (χ0v) is 13.9. The molecule has 0 saturated heterocycles. The predicted molar refractivity (Wildman–Crippen MR) is 87.2 cm³/mol. The van der Waals surface area contributed by atoms with Gasteiger partial charge in [0.25, 0.3) is 0 Å². The predicted octanol–water partition coefficient (Wildman–Crippen LogP) is 3.21. The van der Waals surface area contributed by atoms with Crippen molar-refractivity contribution in [2.24, 2.45) is 0 Å². The summed E-state index contributed by atoms with van der Waals surface area (Å²) in [6.07, 6.45) is 4.05. The van der Waals surface area contributed by atoms with Gasteiger partial charge in [-0.1, -0.05) is 25.5 Å². The van der Waals surface area contributed by atoms with E-state index in [1.54, 1.807) is 16.4 Å². The normalized spacial score (nSPS) is 19.1. The Morgan fingerprint density at radius 1 is 1.14 bits per heavy atom. The van der Waals surface area contributed by atoms with Gasteiger partial charge in [0, 0.05) is 25.0 Å². The molecule has 2 aromatic rings. The molecular weight excluding hydrogens is 296 g/mol. The molecule has 0 spiro atoms. The monoisotopic (exact) mass is 318 g/mol. The molecular formula is C17H22N2O2S. The summed E-state index contributed by atoms with van der Waals surface area (Å²) in [5.74, 6) is 0. The van der Waals surface area contributed by atoms with Gasteiger partial charge in [0.1, 0.15) is 0 Å². The molecule has 1 unspecified atom stereocenters. The molecule has 1 aromatic heterocycles. The van der Waals surface area contributed by atoms with Crippen LogP contribution in [0.3, 0.4) is 0 Å². The van der Waals surface area contributed by atoms with Crippen LogP contribution in [0.1, 0.15) is 37.6 Å². The molecule has 1 aromatic carbocycles. The van der Waals surface area contributed by atoms with Crippen molar-refractivity contribution in [3.8, 4) is 0 Å². The van der Waals surface area contributed by atoms with Gasteiger partial charge < -0.3 is 4.57 Å². The standard InChI is InChI=1S/C17H22N2O2S/c1-3-5-15-7-9-16(10-8-15)22(20,21)19-13-12-18-11-4-6-17(18)14(19)2/h4,6-11,14H,3,5,12-13H2,1-2H3. The number of fused-ring (bicyclic) bond motifs is 1. The van der Waals surface area contributed by atoms with Gasteiger partial charge in [0.15, 0.2) is 0 Å². The highest BCUT2D eigenvalue weighted by molar-refractivity contribution is 7.89. The van der Waals surface area contributed by atoms with Crippen molar-refractivity contribution >= 4 is 10.0 Å². The Hall–Kier alpha value is -1.59. The molecule has 0 radical (unpaired) electrons. The fourth-order valence-corrected chi connectivity index (χ4v) is 4.74.